The molecule has 0 fully saturated rings. The average molecular weight is 664 g/mol. The fourth-order valence-electron chi connectivity index (χ4n) is 9.97. The highest BCUT2D eigenvalue weighted by atomic mass is 15.2. The molecule has 52 heavy (non-hydrogen) atoms. The number of hydrogen-bond acceptors (Lipinski definition) is 1. The maximum absolute atomic E-state index is 2.53. The summed E-state index contributed by atoms with van der Waals surface area (Å²) >= 11 is 0. The first-order chi connectivity index (χ1) is 25.6. The van der Waals surface area contributed by atoms with Gasteiger partial charge in [0.05, 0.1) is 11.5 Å². The van der Waals surface area contributed by atoms with Crippen molar-refractivity contribution < 1.29 is 0 Å². The van der Waals surface area contributed by atoms with Crippen molar-refractivity contribution in [2.45, 2.75) is 31.7 Å². The van der Waals surface area contributed by atoms with E-state index >= 15 is 0 Å². The highest BCUT2D eigenvalue weighted by Crippen LogP contribution is 2.66. The predicted octanol–water partition coefficient (Wildman–Crippen LogP) is 12.7. The zero-order valence-corrected chi connectivity index (χ0v) is 29.4. The molecule has 3 aliphatic rings. The highest BCUT2D eigenvalue weighted by Gasteiger charge is 2.54. The minimum Gasteiger partial charge on any atom is -0.334 e. The number of aryl methyl sites for hydroxylation is 2. The average Bonchev–Trinajstić information content (AvgIpc) is 3.67. The zero-order valence-electron chi connectivity index (χ0n) is 29.4. The molecule has 246 valence electrons. The molecule has 11 rings (SSSR count). The van der Waals surface area contributed by atoms with Crippen LogP contribution < -0.4 is 4.90 Å². The molecule has 3 aliphatic carbocycles. The van der Waals surface area contributed by atoms with E-state index in [2.05, 4.69) is 189 Å². The second-order valence-corrected chi connectivity index (χ2v) is 14.9. The molecule has 8 aromatic carbocycles. The minimum absolute atomic E-state index is 0.167. The van der Waals surface area contributed by atoms with Gasteiger partial charge in [-0.1, -0.05) is 157 Å². The van der Waals surface area contributed by atoms with Crippen LogP contribution in [0.1, 0.15) is 44.5 Å². The predicted molar refractivity (Wildman–Crippen MR) is 219 cm³/mol. The molecular weight excluding hydrogens is 627 g/mol. The lowest BCUT2D eigenvalue weighted by Crippen LogP contribution is -2.34. The lowest BCUT2D eigenvalue weighted by molar-refractivity contribution is 0.753. The summed E-state index contributed by atoms with van der Waals surface area (Å²) in [7, 11) is 0. The molecule has 1 spiro atoms. The van der Waals surface area contributed by atoms with Crippen molar-refractivity contribution in [1.29, 1.82) is 0 Å². The Morgan fingerprint density at radius 2 is 1.00 bits per heavy atom. The summed E-state index contributed by atoms with van der Waals surface area (Å²) in [6.07, 6.45) is 5.86. The van der Waals surface area contributed by atoms with Crippen LogP contribution in [-0.4, -0.2) is 6.04 Å². The summed E-state index contributed by atoms with van der Waals surface area (Å²) in [5.41, 5.74) is 18.4. The van der Waals surface area contributed by atoms with Gasteiger partial charge in [-0.2, -0.15) is 0 Å². The molecule has 0 saturated heterocycles. The van der Waals surface area contributed by atoms with Crippen LogP contribution in [0.3, 0.4) is 0 Å². The third-order valence-corrected chi connectivity index (χ3v) is 12.1. The van der Waals surface area contributed by atoms with Crippen molar-refractivity contribution in [2.75, 3.05) is 4.90 Å². The number of anilines is 2. The van der Waals surface area contributed by atoms with Crippen molar-refractivity contribution in [2.24, 2.45) is 0 Å². The summed E-state index contributed by atoms with van der Waals surface area (Å²) in [6, 6.07) is 59.7. The van der Waals surface area contributed by atoms with Crippen LogP contribution in [-0.2, 0) is 11.8 Å². The molecule has 0 amide bonds. The Balaban J connectivity index is 1.21. The molecule has 1 nitrogen and oxygen atoms in total. The molecule has 8 aromatic rings. The molecule has 0 saturated carbocycles. The van der Waals surface area contributed by atoms with Gasteiger partial charge in [-0.3, -0.25) is 0 Å². The van der Waals surface area contributed by atoms with Crippen molar-refractivity contribution in [3.63, 3.8) is 0 Å². The second kappa shape index (κ2) is 10.9. The third-order valence-electron chi connectivity index (χ3n) is 12.1. The van der Waals surface area contributed by atoms with Crippen LogP contribution in [0.2, 0.25) is 0 Å². The van der Waals surface area contributed by atoms with Crippen LogP contribution in [0.25, 0.3) is 49.9 Å². The lowest BCUT2D eigenvalue weighted by atomic mass is 9.67. The number of nitrogens with zero attached hydrogens (tertiary/aromatic N) is 1. The van der Waals surface area contributed by atoms with Crippen molar-refractivity contribution in [1.82, 2.24) is 0 Å². The van der Waals surface area contributed by atoms with Gasteiger partial charge in [0.15, 0.2) is 0 Å². The fourth-order valence-corrected chi connectivity index (χ4v) is 9.97. The van der Waals surface area contributed by atoms with Gasteiger partial charge < -0.3 is 4.90 Å². The van der Waals surface area contributed by atoms with E-state index < -0.39 is 5.41 Å². The van der Waals surface area contributed by atoms with E-state index in [1.165, 1.54) is 99.7 Å². The Hall–Kier alpha value is -6.18. The summed E-state index contributed by atoms with van der Waals surface area (Å²) in [5.74, 6) is 0. The molecule has 0 radical (unpaired) electrons. The molecule has 0 aromatic heterocycles. The molecule has 1 atom stereocenters. The van der Waals surface area contributed by atoms with Gasteiger partial charge in [0.2, 0.25) is 0 Å². The number of fused-ring (bicyclic) bond motifs is 17. The SMILES string of the molecule is Cc1ccc(N(c2ccc(C)cc2)C2C=Cc3c(ccc4c3C3(c5ccccc5-c5ccccc53)c3c-4c4ccccc4c4ccccc34)C2)cc1. The Kier molecular flexibility index (Phi) is 6.20. The van der Waals surface area contributed by atoms with Crippen LogP contribution in [0.4, 0.5) is 11.4 Å². The molecule has 1 heteroatoms. The highest BCUT2D eigenvalue weighted by molar-refractivity contribution is 6.20. The first-order valence-electron chi connectivity index (χ1n) is 18.5. The summed E-state index contributed by atoms with van der Waals surface area (Å²) < 4.78 is 0. The quantitative estimate of drug-likeness (QED) is 0.170. The summed E-state index contributed by atoms with van der Waals surface area (Å²) in [6.45, 7) is 4.33. The summed E-state index contributed by atoms with van der Waals surface area (Å²) in [5, 5.41) is 5.32. The van der Waals surface area contributed by atoms with Gasteiger partial charge in [0, 0.05) is 11.4 Å². The van der Waals surface area contributed by atoms with Crippen molar-refractivity contribution >= 4 is 39.0 Å². The molecule has 0 bridgehead atoms. The lowest BCUT2D eigenvalue weighted by Gasteiger charge is -2.37. The molecule has 0 heterocycles. The topological polar surface area (TPSA) is 3.24 Å². The van der Waals surface area contributed by atoms with Gasteiger partial charge in [0.1, 0.15) is 0 Å². The van der Waals surface area contributed by atoms with Crippen LogP contribution >= 0.6 is 0 Å². The largest absolute Gasteiger partial charge is 0.334 e. The summed E-state index contributed by atoms with van der Waals surface area (Å²) in [4.78, 5) is 2.53. The standard InChI is InChI=1S/C51H37N/c1-32-19-24-35(25-20-32)52(36-26-21-33(2)22-27-36)37-28-30-38-34(31-37)23-29-45-48-43-15-5-3-11-39(43)40-12-4-6-16-44(40)50(48)51(49(38)45)46-17-9-7-13-41(46)42-14-8-10-18-47(42)51/h3-30,37H,31H2,1-2H3. The van der Waals surface area contributed by atoms with E-state index in [-0.39, 0.29) is 6.04 Å². The molecule has 0 aliphatic heterocycles. The molecule has 1 unspecified atom stereocenters. The van der Waals surface area contributed by atoms with E-state index in [0.29, 0.717) is 0 Å². The van der Waals surface area contributed by atoms with E-state index in [1.54, 1.807) is 0 Å². The van der Waals surface area contributed by atoms with Crippen LogP contribution in [0.5, 0.6) is 0 Å². The van der Waals surface area contributed by atoms with E-state index in [1.807, 2.05) is 0 Å². The molecule has 0 N–H and O–H groups in total. The smallest absolute Gasteiger partial charge is 0.0737 e. The van der Waals surface area contributed by atoms with E-state index in [4.69, 9.17) is 0 Å². The number of rotatable bonds is 3. The maximum Gasteiger partial charge on any atom is 0.0737 e. The van der Waals surface area contributed by atoms with Gasteiger partial charge in [0.25, 0.3) is 0 Å². The fraction of sp³-hybridized carbons (Fsp3) is 0.0980. The van der Waals surface area contributed by atoms with Gasteiger partial charge in [-0.15, -0.1) is 0 Å². The van der Waals surface area contributed by atoms with E-state index in [0.717, 1.165) is 6.42 Å². The van der Waals surface area contributed by atoms with Gasteiger partial charge in [-0.05, 0) is 122 Å². The Bertz CT molecular complexity index is 2690. The monoisotopic (exact) mass is 663 g/mol. The van der Waals surface area contributed by atoms with E-state index in [9.17, 15) is 0 Å². The van der Waals surface area contributed by atoms with Gasteiger partial charge in [-0.25, -0.2) is 0 Å². The van der Waals surface area contributed by atoms with Crippen LogP contribution in [0, 0.1) is 13.8 Å². The Morgan fingerprint density at radius 3 is 1.62 bits per heavy atom. The third kappa shape index (κ3) is 3.88. The molecular formula is C51H37N. The van der Waals surface area contributed by atoms with Gasteiger partial charge >= 0.3 is 0 Å². The Labute approximate surface area is 305 Å². The first kappa shape index (κ1) is 29.5. The second-order valence-electron chi connectivity index (χ2n) is 14.9. The first-order valence-corrected chi connectivity index (χ1v) is 18.5. The normalized spacial score (nSPS) is 15.7. The zero-order chi connectivity index (χ0) is 34.6. The maximum atomic E-state index is 2.53. The number of hydrogen-bond donors (Lipinski definition) is 0. The Morgan fingerprint density at radius 1 is 0.481 bits per heavy atom. The van der Waals surface area contributed by atoms with Crippen LogP contribution in [0.15, 0.2) is 164 Å². The van der Waals surface area contributed by atoms with Crippen molar-refractivity contribution in [3.8, 4) is 22.3 Å². The van der Waals surface area contributed by atoms with Crippen molar-refractivity contribution in [3.05, 3.63) is 208 Å². The minimum atomic E-state index is -0.447. The number of benzene rings is 8.